The highest BCUT2D eigenvalue weighted by atomic mass is 32.1. The van der Waals surface area contributed by atoms with Crippen LogP contribution < -0.4 is 10.1 Å². The number of hydrogen-bond donors (Lipinski definition) is 2. The quantitative estimate of drug-likeness (QED) is 0.816. The number of anilines is 1. The summed E-state index contributed by atoms with van der Waals surface area (Å²) in [6.07, 6.45) is -0.892. The van der Waals surface area contributed by atoms with Crippen LogP contribution in [0.1, 0.15) is 6.92 Å². The van der Waals surface area contributed by atoms with Gasteiger partial charge in [-0.25, -0.2) is 9.78 Å². The van der Waals surface area contributed by atoms with E-state index in [0.717, 1.165) is 16.0 Å². The van der Waals surface area contributed by atoms with Crippen molar-refractivity contribution in [2.75, 3.05) is 19.5 Å². The second-order valence-electron chi connectivity index (χ2n) is 4.21. The van der Waals surface area contributed by atoms with Crippen molar-refractivity contribution in [1.82, 2.24) is 4.98 Å². The molecule has 1 aromatic carbocycles. The van der Waals surface area contributed by atoms with E-state index in [9.17, 15) is 9.90 Å². The Morgan fingerprint density at radius 2 is 2.20 bits per heavy atom. The number of methoxy groups -OCH3 is 2. The molecule has 1 aromatic heterocycles. The molecular formula is C13H16N2O4S. The molecule has 0 radical (unpaired) electrons. The van der Waals surface area contributed by atoms with Gasteiger partial charge in [-0.2, -0.15) is 0 Å². The third kappa shape index (κ3) is 2.83. The topological polar surface area (TPSA) is 80.7 Å². The predicted octanol–water partition coefficient (Wildman–Crippen LogP) is 1.64. The van der Waals surface area contributed by atoms with Crippen molar-refractivity contribution < 1.29 is 19.4 Å². The van der Waals surface area contributed by atoms with Crippen LogP contribution in [-0.4, -0.2) is 42.4 Å². The lowest BCUT2D eigenvalue weighted by Crippen LogP contribution is -2.39. The number of esters is 1. The number of rotatable bonds is 5. The number of aromatic nitrogens is 1. The Kier molecular flexibility index (Phi) is 4.41. The van der Waals surface area contributed by atoms with Crippen molar-refractivity contribution in [3.63, 3.8) is 0 Å². The molecule has 0 saturated heterocycles. The zero-order valence-corrected chi connectivity index (χ0v) is 12.2. The maximum Gasteiger partial charge on any atom is 0.331 e. The number of carbonyl (C=O) groups excluding carboxylic acids is 1. The van der Waals surface area contributed by atoms with Crippen LogP contribution in [0.25, 0.3) is 10.2 Å². The molecule has 0 fully saturated rings. The van der Waals surface area contributed by atoms with E-state index >= 15 is 0 Å². The van der Waals surface area contributed by atoms with E-state index in [1.54, 1.807) is 7.11 Å². The average molecular weight is 296 g/mol. The lowest BCUT2D eigenvalue weighted by Gasteiger charge is -2.17. The third-order valence-electron chi connectivity index (χ3n) is 2.82. The van der Waals surface area contributed by atoms with Gasteiger partial charge in [-0.05, 0) is 19.1 Å². The Morgan fingerprint density at radius 1 is 1.45 bits per heavy atom. The van der Waals surface area contributed by atoms with E-state index in [4.69, 9.17) is 4.74 Å². The van der Waals surface area contributed by atoms with E-state index in [1.807, 2.05) is 18.2 Å². The number of benzene rings is 1. The van der Waals surface area contributed by atoms with Gasteiger partial charge in [0.1, 0.15) is 5.75 Å². The molecule has 2 rings (SSSR count). The summed E-state index contributed by atoms with van der Waals surface area (Å²) < 4.78 is 10.8. The minimum absolute atomic E-state index is 0.529. The van der Waals surface area contributed by atoms with E-state index < -0.39 is 18.1 Å². The van der Waals surface area contributed by atoms with Crippen molar-refractivity contribution in [3.05, 3.63) is 18.2 Å². The summed E-state index contributed by atoms with van der Waals surface area (Å²) >= 11 is 1.36. The Hall–Kier alpha value is -1.86. The molecule has 6 nitrogen and oxygen atoms in total. The van der Waals surface area contributed by atoms with E-state index in [0.29, 0.717) is 5.13 Å². The number of thiazole rings is 1. The number of carbonyl (C=O) groups is 1. The zero-order chi connectivity index (χ0) is 14.7. The summed E-state index contributed by atoms with van der Waals surface area (Å²) in [4.78, 5) is 16.0. The molecular weight excluding hydrogens is 280 g/mol. The maximum absolute atomic E-state index is 11.6. The highest BCUT2D eigenvalue weighted by Crippen LogP contribution is 2.33. The third-order valence-corrected chi connectivity index (χ3v) is 3.83. The first-order chi connectivity index (χ1) is 9.56. The minimum atomic E-state index is -0.892. The van der Waals surface area contributed by atoms with Crippen molar-refractivity contribution in [2.45, 2.75) is 19.1 Å². The number of ether oxygens (including phenoxy) is 2. The molecule has 0 bridgehead atoms. The fourth-order valence-electron chi connectivity index (χ4n) is 1.78. The monoisotopic (exact) mass is 296 g/mol. The largest absolute Gasteiger partial charge is 0.495 e. The minimum Gasteiger partial charge on any atom is -0.495 e. The standard InChI is InChI=1S/C13H16N2O4S/c1-7(16)10(12(17)19-3)15-13-14-8-5-4-6-9(18-2)11(8)20-13/h4-7,10,16H,1-3H3,(H,14,15)/t7-,10-/m1/s1. The van der Waals surface area contributed by atoms with Gasteiger partial charge in [0.05, 0.1) is 30.5 Å². The smallest absolute Gasteiger partial charge is 0.331 e. The fourth-order valence-corrected chi connectivity index (χ4v) is 2.78. The molecule has 0 amide bonds. The molecule has 2 N–H and O–H groups in total. The molecule has 2 atom stereocenters. The fraction of sp³-hybridized carbons (Fsp3) is 0.385. The summed E-state index contributed by atoms with van der Waals surface area (Å²) in [6.45, 7) is 1.52. The number of nitrogens with one attached hydrogen (secondary N) is 1. The van der Waals surface area contributed by atoms with Crippen molar-refractivity contribution in [1.29, 1.82) is 0 Å². The Labute approximate surface area is 120 Å². The van der Waals surface area contributed by atoms with Gasteiger partial charge in [0.25, 0.3) is 0 Å². The highest BCUT2D eigenvalue weighted by Gasteiger charge is 2.25. The lowest BCUT2D eigenvalue weighted by molar-refractivity contribution is -0.143. The summed E-state index contributed by atoms with van der Waals surface area (Å²) in [5.41, 5.74) is 0.769. The summed E-state index contributed by atoms with van der Waals surface area (Å²) in [6, 6.07) is 4.69. The van der Waals surface area contributed by atoms with Gasteiger partial charge in [0.2, 0.25) is 0 Å². The number of aliphatic hydroxyl groups is 1. The first-order valence-electron chi connectivity index (χ1n) is 6.02. The van der Waals surface area contributed by atoms with Crippen LogP contribution in [0, 0.1) is 0 Å². The molecule has 0 saturated carbocycles. The molecule has 1 heterocycles. The van der Waals surface area contributed by atoms with Gasteiger partial charge in [-0.3, -0.25) is 0 Å². The van der Waals surface area contributed by atoms with Gasteiger partial charge in [0.15, 0.2) is 11.2 Å². The molecule has 0 aliphatic rings. The number of fused-ring (bicyclic) bond motifs is 1. The first kappa shape index (κ1) is 14.5. The van der Waals surface area contributed by atoms with Crippen LogP contribution in [0.15, 0.2) is 18.2 Å². The maximum atomic E-state index is 11.6. The first-order valence-corrected chi connectivity index (χ1v) is 6.84. The predicted molar refractivity (Wildman–Crippen MR) is 77.3 cm³/mol. The second kappa shape index (κ2) is 6.06. The molecule has 108 valence electrons. The second-order valence-corrected chi connectivity index (χ2v) is 5.21. The Bertz CT molecular complexity index is 611. The summed E-state index contributed by atoms with van der Waals surface area (Å²) in [7, 11) is 2.87. The highest BCUT2D eigenvalue weighted by molar-refractivity contribution is 7.22. The van der Waals surface area contributed by atoms with Gasteiger partial charge in [0, 0.05) is 0 Å². The van der Waals surface area contributed by atoms with Crippen molar-refractivity contribution in [2.24, 2.45) is 0 Å². The molecule has 0 aliphatic heterocycles. The number of hydrogen-bond acceptors (Lipinski definition) is 7. The lowest BCUT2D eigenvalue weighted by atomic mass is 10.2. The Balaban J connectivity index is 2.31. The van der Waals surface area contributed by atoms with Crippen molar-refractivity contribution in [3.8, 4) is 5.75 Å². The molecule has 0 spiro atoms. The van der Waals surface area contributed by atoms with E-state index in [-0.39, 0.29) is 0 Å². The van der Waals surface area contributed by atoms with Gasteiger partial charge < -0.3 is 19.9 Å². The average Bonchev–Trinajstić information content (AvgIpc) is 2.86. The van der Waals surface area contributed by atoms with Gasteiger partial charge in [-0.15, -0.1) is 0 Å². The normalized spacial score (nSPS) is 13.8. The molecule has 2 aromatic rings. The molecule has 20 heavy (non-hydrogen) atoms. The molecule has 0 aliphatic carbocycles. The SMILES string of the molecule is COC(=O)[C@H](Nc1nc2cccc(OC)c2s1)[C@@H](C)O. The zero-order valence-electron chi connectivity index (χ0n) is 11.4. The van der Waals surface area contributed by atoms with E-state index in [1.165, 1.54) is 25.4 Å². The van der Waals surface area contributed by atoms with Crippen LogP contribution >= 0.6 is 11.3 Å². The van der Waals surface area contributed by atoms with Gasteiger partial charge >= 0.3 is 5.97 Å². The van der Waals surface area contributed by atoms with Crippen molar-refractivity contribution >= 4 is 32.7 Å². The van der Waals surface area contributed by atoms with Crippen LogP contribution in [0.2, 0.25) is 0 Å². The van der Waals surface area contributed by atoms with E-state index in [2.05, 4.69) is 15.0 Å². The Morgan fingerprint density at radius 3 is 2.80 bits per heavy atom. The van der Waals surface area contributed by atoms with Crippen LogP contribution in [0.3, 0.4) is 0 Å². The molecule has 7 heteroatoms. The van der Waals surface area contributed by atoms with Crippen LogP contribution in [0.5, 0.6) is 5.75 Å². The van der Waals surface area contributed by atoms with Gasteiger partial charge in [-0.1, -0.05) is 17.4 Å². The van der Waals surface area contributed by atoms with Crippen LogP contribution in [-0.2, 0) is 9.53 Å². The number of aliphatic hydroxyl groups excluding tert-OH is 1. The van der Waals surface area contributed by atoms with Crippen LogP contribution in [0.4, 0.5) is 5.13 Å². The summed E-state index contributed by atoms with van der Waals surface area (Å²) in [5.74, 6) is 0.186. The summed E-state index contributed by atoms with van der Waals surface area (Å²) in [5, 5.41) is 13.1. The molecule has 0 unspecified atom stereocenters. The number of nitrogens with zero attached hydrogens (tertiary/aromatic N) is 1.